The van der Waals surface area contributed by atoms with Crippen molar-refractivity contribution in [2.75, 3.05) is 13.7 Å². The number of methoxy groups -OCH3 is 1. The van der Waals surface area contributed by atoms with Crippen LogP contribution in [0.25, 0.3) is 0 Å². The Hall–Kier alpha value is -0.520. The van der Waals surface area contributed by atoms with Crippen LogP contribution in [0.15, 0.2) is 39.3 Å². The van der Waals surface area contributed by atoms with E-state index in [-0.39, 0.29) is 4.83 Å². The smallest absolute Gasteiger partial charge is 0.127 e. The maximum Gasteiger partial charge on any atom is 0.127 e. The fraction of sp³-hybridized carbons (Fsp3) is 0.250. The van der Waals surface area contributed by atoms with Gasteiger partial charge in [0, 0.05) is 26.5 Å². The van der Waals surface area contributed by atoms with Gasteiger partial charge in [0.25, 0.3) is 0 Å². The maximum atomic E-state index is 5.82. The molecule has 0 aliphatic carbocycles. The molecule has 1 aliphatic heterocycles. The Labute approximate surface area is 149 Å². The molecular formula is C16H13Br3O2. The van der Waals surface area contributed by atoms with E-state index in [0.29, 0.717) is 0 Å². The van der Waals surface area contributed by atoms with E-state index in [4.69, 9.17) is 9.47 Å². The predicted molar refractivity (Wildman–Crippen MR) is 94.8 cm³/mol. The molecule has 0 N–H and O–H groups in total. The summed E-state index contributed by atoms with van der Waals surface area (Å²) < 4.78 is 13.4. The zero-order valence-electron chi connectivity index (χ0n) is 11.3. The van der Waals surface area contributed by atoms with E-state index in [2.05, 4.69) is 66.0 Å². The number of benzene rings is 2. The first-order chi connectivity index (χ1) is 10.1. The number of hydrogen-bond acceptors (Lipinski definition) is 2. The monoisotopic (exact) mass is 474 g/mol. The van der Waals surface area contributed by atoms with Gasteiger partial charge in [0.1, 0.15) is 11.5 Å². The second-order valence-electron chi connectivity index (χ2n) is 4.83. The van der Waals surface area contributed by atoms with Crippen LogP contribution in [-0.2, 0) is 6.42 Å². The third kappa shape index (κ3) is 3.01. The number of hydrogen-bond donors (Lipinski definition) is 0. The fourth-order valence-electron chi connectivity index (χ4n) is 2.55. The molecule has 0 radical (unpaired) electrons. The molecule has 0 bridgehead atoms. The molecule has 1 atom stereocenters. The first-order valence-corrected chi connectivity index (χ1v) is 9.03. The lowest BCUT2D eigenvalue weighted by Crippen LogP contribution is -2.00. The fourth-order valence-corrected chi connectivity index (χ4v) is 4.13. The third-order valence-corrected chi connectivity index (χ3v) is 5.46. The minimum atomic E-state index is 0.0184. The van der Waals surface area contributed by atoms with Crippen LogP contribution in [-0.4, -0.2) is 13.7 Å². The first kappa shape index (κ1) is 15.4. The highest BCUT2D eigenvalue weighted by Crippen LogP contribution is 2.45. The van der Waals surface area contributed by atoms with Crippen molar-refractivity contribution in [1.82, 2.24) is 0 Å². The Morgan fingerprint density at radius 2 is 1.90 bits per heavy atom. The van der Waals surface area contributed by atoms with E-state index >= 15 is 0 Å². The molecular weight excluding hydrogens is 464 g/mol. The molecule has 5 heteroatoms. The van der Waals surface area contributed by atoms with Gasteiger partial charge >= 0.3 is 0 Å². The Bertz CT molecular complexity index is 685. The second kappa shape index (κ2) is 6.31. The molecule has 3 rings (SSSR count). The van der Waals surface area contributed by atoms with Gasteiger partial charge in [0.05, 0.1) is 18.5 Å². The molecule has 0 saturated carbocycles. The van der Waals surface area contributed by atoms with Crippen LogP contribution in [0, 0.1) is 0 Å². The second-order valence-corrected chi connectivity index (χ2v) is 7.58. The van der Waals surface area contributed by atoms with Gasteiger partial charge in [-0.1, -0.05) is 53.9 Å². The molecule has 21 heavy (non-hydrogen) atoms. The van der Waals surface area contributed by atoms with Crippen molar-refractivity contribution in [3.63, 3.8) is 0 Å². The summed E-state index contributed by atoms with van der Waals surface area (Å²) in [7, 11) is 1.69. The van der Waals surface area contributed by atoms with Crippen molar-refractivity contribution >= 4 is 47.8 Å². The largest absolute Gasteiger partial charge is 0.496 e. The molecule has 0 saturated heterocycles. The van der Waals surface area contributed by atoms with Crippen LogP contribution in [0.3, 0.4) is 0 Å². The van der Waals surface area contributed by atoms with Gasteiger partial charge in [-0.15, -0.1) is 0 Å². The van der Waals surface area contributed by atoms with E-state index in [0.717, 1.165) is 44.6 Å². The maximum absolute atomic E-state index is 5.82. The highest BCUT2D eigenvalue weighted by Gasteiger charge is 2.24. The minimum absolute atomic E-state index is 0.0184. The highest BCUT2D eigenvalue weighted by molar-refractivity contribution is 9.10. The van der Waals surface area contributed by atoms with Crippen LogP contribution < -0.4 is 9.47 Å². The molecule has 2 aromatic rings. The lowest BCUT2D eigenvalue weighted by molar-refractivity contribution is 0.353. The lowest BCUT2D eigenvalue weighted by atomic mass is 10.0. The standard InChI is InChI=1S/C16H13Br3O2/c1-20-14-8-10(17)2-3-12(14)15(19)13-7-11(18)6-9-4-5-21-16(9)13/h2-3,6-8,15H,4-5H2,1H3. The van der Waals surface area contributed by atoms with E-state index in [1.54, 1.807) is 7.11 Å². The van der Waals surface area contributed by atoms with Gasteiger partial charge in [-0.3, -0.25) is 0 Å². The number of rotatable bonds is 3. The van der Waals surface area contributed by atoms with Crippen molar-refractivity contribution in [1.29, 1.82) is 0 Å². The normalized spacial score (nSPS) is 14.5. The molecule has 0 amide bonds. The van der Waals surface area contributed by atoms with Crippen molar-refractivity contribution in [2.24, 2.45) is 0 Å². The van der Waals surface area contributed by atoms with Gasteiger partial charge in [-0.25, -0.2) is 0 Å². The van der Waals surface area contributed by atoms with Gasteiger partial charge in [0.15, 0.2) is 0 Å². The molecule has 0 spiro atoms. The average molecular weight is 477 g/mol. The Kier molecular flexibility index (Phi) is 4.62. The minimum Gasteiger partial charge on any atom is -0.496 e. The number of alkyl halides is 1. The summed E-state index contributed by atoms with van der Waals surface area (Å²) in [5.74, 6) is 1.84. The van der Waals surface area contributed by atoms with Crippen LogP contribution in [0.5, 0.6) is 11.5 Å². The lowest BCUT2D eigenvalue weighted by Gasteiger charge is -2.18. The highest BCUT2D eigenvalue weighted by atomic mass is 79.9. The van der Waals surface area contributed by atoms with E-state index in [1.807, 2.05) is 12.1 Å². The van der Waals surface area contributed by atoms with E-state index in [9.17, 15) is 0 Å². The Balaban J connectivity index is 2.09. The third-order valence-electron chi connectivity index (χ3n) is 3.52. The topological polar surface area (TPSA) is 18.5 Å². The SMILES string of the molecule is COc1cc(Br)ccc1C(Br)c1cc(Br)cc2c1OCC2. The van der Waals surface area contributed by atoms with Crippen LogP contribution in [0.4, 0.5) is 0 Å². The summed E-state index contributed by atoms with van der Waals surface area (Å²) >= 11 is 10.9. The molecule has 1 unspecified atom stereocenters. The van der Waals surface area contributed by atoms with Gasteiger partial charge in [0.2, 0.25) is 0 Å². The van der Waals surface area contributed by atoms with Crippen molar-refractivity contribution in [3.05, 3.63) is 56.0 Å². The molecule has 0 aromatic heterocycles. The van der Waals surface area contributed by atoms with E-state index < -0.39 is 0 Å². The van der Waals surface area contributed by atoms with Crippen molar-refractivity contribution < 1.29 is 9.47 Å². The molecule has 2 aromatic carbocycles. The van der Waals surface area contributed by atoms with Gasteiger partial charge < -0.3 is 9.47 Å². The summed E-state index contributed by atoms with van der Waals surface area (Å²) in [6, 6.07) is 10.3. The summed E-state index contributed by atoms with van der Waals surface area (Å²) in [4.78, 5) is 0.0184. The van der Waals surface area contributed by atoms with Gasteiger partial charge in [-0.2, -0.15) is 0 Å². The number of halogens is 3. The first-order valence-electron chi connectivity index (χ1n) is 6.52. The summed E-state index contributed by atoms with van der Waals surface area (Å²) in [6.45, 7) is 0.746. The van der Waals surface area contributed by atoms with Gasteiger partial charge in [-0.05, 0) is 29.8 Å². The summed E-state index contributed by atoms with van der Waals surface area (Å²) in [6.07, 6.45) is 0.957. The Morgan fingerprint density at radius 1 is 1.10 bits per heavy atom. The molecule has 1 heterocycles. The number of ether oxygens (including phenoxy) is 2. The number of fused-ring (bicyclic) bond motifs is 1. The van der Waals surface area contributed by atoms with Crippen molar-refractivity contribution in [3.8, 4) is 11.5 Å². The summed E-state index contributed by atoms with van der Waals surface area (Å²) in [5.41, 5.74) is 3.45. The van der Waals surface area contributed by atoms with Crippen LogP contribution in [0.2, 0.25) is 0 Å². The average Bonchev–Trinajstić information content (AvgIpc) is 2.93. The molecule has 2 nitrogen and oxygen atoms in total. The Morgan fingerprint density at radius 3 is 2.67 bits per heavy atom. The quantitative estimate of drug-likeness (QED) is 0.534. The van der Waals surface area contributed by atoms with Crippen LogP contribution in [0.1, 0.15) is 21.5 Å². The van der Waals surface area contributed by atoms with Crippen molar-refractivity contribution in [2.45, 2.75) is 11.2 Å². The zero-order chi connectivity index (χ0) is 15.0. The van der Waals surface area contributed by atoms with E-state index in [1.165, 1.54) is 5.56 Å². The predicted octanol–water partition coefficient (Wildman–Crippen LogP) is 5.64. The van der Waals surface area contributed by atoms with Crippen LogP contribution >= 0.6 is 47.8 Å². The summed E-state index contributed by atoms with van der Waals surface area (Å²) in [5, 5.41) is 0. The molecule has 110 valence electrons. The molecule has 1 aliphatic rings. The molecule has 0 fully saturated rings. The zero-order valence-corrected chi connectivity index (χ0v) is 16.1.